The average Bonchev–Trinajstić information content (AvgIpc) is 2.79. The van der Waals surface area contributed by atoms with Crippen LogP contribution < -0.4 is 10.6 Å². The summed E-state index contributed by atoms with van der Waals surface area (Å²) >= 11 is 0. The Balaban J connectivity index is 1.63. The van der Waals surface area contributed by atoms with Gasteiger partial charge in [0.2, 0.25) is 0 Å². The minimum Gasteiger partial charge on any atom is -0.373 e. The summed E-state index contributed by atoms with van der Waals surface area (Å²) in [6.07, 6.45) is 4.94. The van der Waals surface area contributed by atoms with E-state index in [1.807, 2.05) is 19.1 Å². The Hall–Kier alpha value is -4.01. The molecule has 161 valence electrons. The number of hydrogen-bond donors (Lipinski definition) is 2. The van der Waals surface area contributed by atoms with E-state index in [-0.39, 0.29) is 5.69 Å². The number of pyridine rings is 4. The van der Waals surface area contributed by atoms with E-state index in [2.05, 4.69) is 37.5 Å². The molecule has 1 radical (unpaired) electrons. The summed E-state index contributed by atoms with van der Waals surface area (Å²) in [6, 6.07) is 9.34. The van der Waals surface area contributed by atoms with Gasteiger partial charge in [-0.1, -0.05) is 6.07 Å². The van der Waals surface area contributed by atoms with Crippen molar-refractivity contribution in [3.63, 3.8) is 0 Å². The molecule has 0 spiro atoms. The minimum absolute atomic E-state index is 0.147. The van der Waals surface area contributed by atoms with Crippen LogP contribution in [0.3, 0.4) is 0 Å². The second-order valence-electron chi connectivity index (χ2n) is 7.16. The zero-order valence-corrected chi connectivity index (χ0v) is 17.4. The highest BCUT2D eigenvalue weighted by Crippen LogP contribution is 2.28. The average molecular weight is 433 g/mol. The van der Waals surface area contributed by atoms with Gasteiger partial charge in [-0.3, -0.25) is 14.8 Å². The van der Waals surface area contributed by atoms with Crippen LogP contribution in [0, 0.1) is 13.8 Å². The Morgan fingerprint density at radius 2 is 1.88 bits per heavy atom. The number of rotatable bonds is 5. The molecule has 4 aromatic rings. The predicted octanol–water partition coefficient (Wildman–Crippen LogP) is 4.62. The predicted molar refractivity (Wildman–Crippen MR) is 118 cm³/mol. The van der Waals surface area contributed by atoms with Crippen molar-refractivity contribution in [3.8, 4) is 11.1 Å². The number of anilines is 2. The first kappa shape index (κ1) is 21.2. The van der Waals surface area contributed by atoms with Gasteiger partial charge in [0.25, 0.3) is 11.8 Å². The maximum atomic E-state index is 13.4. The molecule has 0 aliphatic carbocycles. The monoisotopic (exact) mass is 433 g/mol. The Labute approximate surface area is 183 Å². The highest BCUT2D eigenvalue weighted by atomic mass is 19.3. The molecule has 7 nitrogen and oxygen atoms in total. The molecule has 0 aliphatic rings. The lowest BCUT2D eigenvalue weighted by atomic mass is 10.0. The number of hydrogen-bond acceptors (Lipinski definition) is 6. The molecule has 0 fully saturated rings. The van der Waals surface area contributed by atoms with E-state index in [4.69, 9.17) is 0 Å². The third kappa shape index (κ3) is 4.36. The van der Waals surface area contributed by atoms with Crippen molar-refractivity contribution in [3.05, 3.63) is 79.0 Å². The molecule has 4 aromatic heterocycles. The smallest absolute Gasteiger partial charge is 0.289 e. The lowest BCUT2D eigenvalue weighted by Gasteiger charge is -2.12. The molecule has 0 unspecified atom stereocenters. The molecule has 2 N–H and O–H groups in total. The number of carbonyl (C=O) groups excluding carboxylic acids is 1. The lowest BCUT2D eigenvalue weighted by molar-refractivity contribution is 0.0436. The lowest BCUT2D eigenvalue weighted by Crippen LogP contribution is -2.17. The normalized spacial score (nSPS) is 11.4. The van der Waals surface area contributed by atoms with Gasteiger partial charge >= 0.3 is 0 Å². The maximum Gasteiger partial charge on any atom is 0.289 e. The number of aromatic nitrogens is 4. The van der Waals surface area contributed by atoms with Crippen molar-refractivity contribution in [1.82, 2.24) is 19.9 Å². The Morgan fingerprint density at radius 3 is 2.62 bits per heavy atom. The number of fused-ring (bicyclic) bond motifs is 1. The van der Waals surface area contributed by atoms with E-state index in [1.54, 1.807) is 25.5 Å². The van der Waals surface area contributed by atoms with Gasteiger partial charge in [-0.15, -0.1) is 0 Å². The number of amides is 1. The molecule has 0 bridgehead atoms. The standard InChI is InChI=1S/C23H19F2N6O/c1-13-17(14-7-15-11-29-21(26-3)9-19(15)28-10-14)8-16(12-27-13)30-22(32)18-5-4-6-20(31-18)23(2,24)25/h4-12H,2H2,1,3H3,(H,26,29)(H,30,32). The van der Waals surface area contributed by atoms with Crippen LogP contribution in [0.25, 0.3) is 22.0 Å². The van der Waals surface area contributed by atoms with Crippen molar-refractivity contribution < 1.29 is 13.6 Å². The van der Waals surface area contributed by atoms with Crippen molar-refractivity contribution >= 4 is 28.3 Å². The largest absolute Gasteiger partial charge is 0.373 e. The van der Waals surface area contributed by atoms with Crippen molar-refractivity contribution in [2.24, 2.45) is 0 Å². The van der Waals surface area contributed by atoms with Crippen molar-refractivity contribution in [2.45, 2.75) is 12.8 Å². The summed E-state index contributed by atoms with van der Waals surface area (Å²) in [6.45, 7) is 4.60. The topological polar surface area (TPSA) is 92.7 Å². The fraction of sp³-hybridized carbons (Fsp3) is 0.130. The van der Waals surface area contributed by atoms with E-state index in [0.29, 0.717) is 5.69 Å². The molecule has 4 rings (SSSR count). The fourth-order valence-electron chi connectivity index (χ4n) is 3.16. The number of alkyl halides is 2. The first-order chi connectivity index (χ1) is 15.2. The molecule has 0 atom stereocenters. The highest BCUT2D eigenvalue weighted by molar-refractivity contribution is 6.03. The first-order valence-electron chi connectivity index (χ1n) is 9.67. The van der Waals surface area contributed by atoms with Crippen LogP contribution >= 0.6 is 0 Å². The van der Waals surface area contributed by atoms with Crippen LogP contribution in [0.15, 0.2) is 55.0 Å². The molecule has 4 heterocycles. The Kier molecular flexibility index (Phi) is 5.48. The Morgan fingerprint density at radius 1 is 1.06 bits per heavy atom. The molecular weight excluding hydrogens is 414 g/mol. The fourth-order valence-corrected chi connectivity index (χ4v) is 3.16. The van der Waals surface area contributed by atoms with Gasteiger partial charge in [-0.25, -0.2) is 9.97 Å². The van der Waals surface area contributed by atoms with Crippen LogP contribution in [0.5, 0.6) is 0 Å². The summed E-state index contributed by atoms with van der Waals surface area (Å²) in [5, 5.41) is 6.48. The Bertz CT molecular complexity index is 1320. The van der Waals surface area contributed by atoms with Crippen LogP contribution in [0.2, 0.25) is 0 Å². The highest BCUT2D eigenvalue weighted by Gasteiger charge is 2.27. The minimum atomic E-state index is -3.39. The van der Waals surface area contributed by atoms with Crippen molar-refractivity contribution in [2.75, 3.05) is 17.7 Å². The number of aryl methyl sites for hydroxylation is 1. The molecule has 0 saturated carbocycles. The van der Waals surface area contributed by atoms with Crippen LogP contribution in [0.1, 0.15) is 21.9 Å². The first-order valence-corrected chi connectivity index (χ1v) is 9.67. The summed E-state index contributed by atoms with van der Waals surface area (Å²) in [5.74, 6) is -3.30. The van der Waals surface area contributed by atoms with Crippen molar-refractivity contribution in [1.29, 1.82) is 0 Å². The van der Waals surface area contributed by atoms with Gasteiger partial charge in [0.05, 0.1) is 17.4 Å². The van der Waals surface area contributed by atoms with Gasteiger partial charge in [0.1, 0.15) is 17.2 Å². The molecular formula is C23H19F2N6O. The zero-order valence-electron chi connectivity index (χ0n) is 17.4. The molecule has 32 heavy (non-hydrogen) atoms. The van der Waals surface area contributed by atoms with E-state index in [0.717, 1.165) is 39.6 Å². The third-order valence-corrected chi connectivity index (χ3v) is 4.83. The second kappa shape index (κ2) is 8.26. The molecule has 0 aliphatic heterocycles. The molecule has 0 saturated heterocycles. The summed E-state index contributed by atoms with van der Waals surface area (Å²) in [4.78, 5) is 29.4. The number of carbonyl (C=O) groups is 1. The summed E-state index contributed by atoms with van der Waals surface area (Å²) in [5.41, 5.74) is 2.76. The maximum absolute atomic E-state index is 13.4. The molecule has 1 amide bonds. The number of nitrogens with one attached hydrogen (secondary N) is 2. The van der Waals surface area contributed by atoms with Crippen LogP contribution in [0.4, 0.5) is 20.3 Å². The van der Waals surface area contributed by atoms with Gasteiger partial charge < -0.3 is 10.6 Å². The van der Waals surface area contributed by atoms with Gasteiger partial charge in [0.15, 0.2) is 0 Å². The van der Waals surface area contributed by atoms with E-state index in [9.17, 15) is 13.6 Å². The SMILES string of the molecule is [CH2]C(F)(F)c1cccc(C(=O)Nc2cnc(C)c(-c3cnc4cc(NC)ncc4c3)c2)n1. The molecule has 9 heteroatoms. The van der Waals surface area contributed by atoms with Gasteiger partial charge in [0, 0.05) is 54.6 Å². The van der Waals surface area contributed by atoms with E-state index < -0.39 is 17.5 Å². The van der Waals surface area contributed by atoms with E-state index >= 15 is 0 Å². The van der Waals surface area contributed by atoms with Gasteiger partial charge in [-0.05, 0) is 31.2 Å². The summed E-state index contributed by atoms with van der Waals surface area (Å²) < 4.78 is 26.9. The quantitative estimate of drug-likeness (QED) is 0.477. The second-order valence-corrected chi connectivity index (χ2v) is 7.16. The number of nitrogens with zero attached hydrogens (tertiary/aromatic N) is 4. The summed E-state index contributed by atoms with van der Waals surface area (Å²) in [7, 11) is 1.79. The van der Waals surface area contributed by atoms with E-state index in [1.165, 1.54) is 18.3 Å². The van der Waals surface area contributed by atoms with Crippen LogP contribution in [-0.2, 0) is 5.92 Å². The third-order valence-electron chi connectivity index (χ3n) is 4.83. The molecule has 0 aromatic carbocycles. The van der Waals surface area contributed by atoms with Gasteiger partial charge in [-0.2, -0.15) is 8.78 Å². The van der Waals surface area contributed by atoms with Crippen LogP contribution in [-0.4, -0.2) is 32.9 Å². The zero-order chi connectivity index (χ0) is 22.9. The number of halogens is 2.